The lowest BCUT2D eigenvalue weighted by atomic mass is 10.2. The topological polar surface area (TPSA) is 66.9 Å². The first-order valence-electron chi connectivity index (χ1n) is 8.01. The molecule has 2 N–H and O–H groups in total. The highest BCUT2D eigenvalue weighted by Gasteiger charge is 2.11. The van der Waals surface area contributed by atoms with Crippen molar-refractivity contribution in [1.82, 2.24) is 15.3 Å². The molecule has 3 rings (SSSR count). The number of hydrogen-bond acceptors (Lipinski definition) is 4. The predicted molar refractivity (Wildman–Crippen MR) is 99.0 cm³/mol. The standard InChI is InChI=1S/C19H15ClF2N4O/c1-11-8-17(18(27)23-10-12-2-4-13(21)5-3-12)26-19(24-11)25-14-6-7-16(22)15(20)9-14/h2-9H,10H2,1H3,(H,23,27)(H,24,25,26). The first-order valence-corrected chi connectivity index (χ1v) is 8.39. The monoisotopic (exact) mass is 388 g/mol. The van der Waals surface area contributed by atoms with Gasteiger partial charge in [0.05, 0.1) is 5.02 Å². The van der Waals surface area contributed by atoms with Gasteiger partial charge in [-0.25, -0.2) is 18.7 Å². The van der Waals surface area contributed by atoms with Gasteiger partial charge in [0.25, 0.3) is 5.91 Å². The third kappa shape index (κ3) is 4.98. The number of nitrogens with one attached hydrogen (secondary N) is 2. The first kappa shape index (κ1) is 18.7. The van der Waals surface area contributed by atoms with Crippen LogP contribution in [0.2, 0.25) is 5.02 Å². The van der Waals surface area contributed by atoms with Gasteiger partial charge in [-0.1, -0.05) is 23.7 Å². The number of aryl methyl sites for hydroxylation is 1. The van der Waals surface area contributed by atoms with Crippen molar-refractivity contribution in [3.63, 3.8) is 0 Å². The number of benzene rings is 2. The molecule has 1 aromatic heterocycles. The Bertz CT molecular complexity index is 980. The number of rotatable bonds is 5. The maximum Gasteiger partial charge on any atom is 0.270 e. The van der Waals surface area contributed by atoms with Crippen molar-refractivity contribution in [3.8, 4) is 0 Å². The summed E-state index contributed by atoms with van der Waals surface area (Å²) in [5.41, 5.74) is 1.99. The zero-order valence-electron chi connectivity index (χ0n) is 14.3. The molecule has 0 saturated carbocycles. The number of carbonyl (C=O) groups is 1. The van der Waals surface area contributed by atoms with Crippen LogP contribution in [-0.2, 0) is 6.54 Å². The fraction of sp³-hybridized carbons (Fsp3) is 0.105. The predicted octanol–water partition coefficient (Wildman–Crippen LogP) is 4.39. The summed E-state index contributed by atoms with van der Waals surface area (Å²) in [5, 5.41) is 5.58. The Morgan fingerprint density at radius 2 is 1.81 bits per heavy atom. The highest BCUT2D eigenvalue weighted by atomic mass is 35.5. The molecule has 5 nitrogen and oxygen atoms in total. The van der Waals surface area contributed by atoms with Crippen LogP contribution in [0.4, 0.5) is 20.4 Å². The zero-order valence-corrected chi connectivity index (χ0v) is 15.0. The molecule has 1 amide bonds. The third-order valence-electron chi connectivity index (χ3n) is 3.63. The van der Waals surface area contributed by atoms with Crippen LogP contribution in [0.25, 0.3) is 0 Å². The molecule has 0 unspecified atom stereocenters. The van der Waals surface area contributed by atoms with Gasteiger partial charge in [-0.3, -0.25) is 4.79 Å². The second-order valence-corrected chi connectivity index (χ2v) is 6.19. The van der Waals surface area contributed by atoms with Crippen LogP contribution in [0.3, 0.4) is 0 Å². The second kappa shape index (κ2) is 8.09. The van der Waals surface area contributed by atoms with Crippen LogP contribution in [0.5, 0.6) is 0 Å². The summed E-state index contributed by atoms with van der Waals surface area (Å²) in [6, 6.07) is 11.5. The number of aromatic nitrogens is 2. The molecule has 1 heterocycles. The zero-order chi connectivity index (χ0) is 19.4. The largest absolute Gasteiger partial charge is 0.347 e. The van der Waals surface area contributed by atoms with E-state index in [1.54, 1.807) is 25.1 Å². The summed E-state index contributed by atoms with van der Waals surface area (Å²) in [6.07, 6.45) is 0. The number of carbonyl (C=O) groups excluding carboxylic acids is 1. The molecule has 3 aromatic rings. The normalized spacial score (nSPS) is 10.5. The Kier molecular flexibility index (Phi) is 5.61. The Labute approximate surface area is 159 Å². The molecule has 0 atom stereocenters. The van der Waals surface area contributed by atoms with Crippen molar-refractivity contribution >= 4 is 29.1 Å². The summed E-state index contributed by atoms with van der Waals surface area (Å²) < 4.78 is 26.2. The Morgan fingerprint density at radius 1 is 1.07 bits per heavy atom. The molecule has 8 heteroatoms. The van der Waals surface area contributed by atoms with E-state index in [0.717, 1.165) is 5.56 Å². The number of nitrogens with zero attached hydrogens (tertiary/aromatic N) is 2. The summed E-state index contributed by atoms with van der Waals surface area (Å²) in [4.78, 5) is 20.8. The van der Waals surface area contributed by atoms with Crippen LogP contribution in [-0.4, -0.2) is 15.9 Å². The molecule has 0 spiro atoms. The Morgan fingerprint density at radius 3 is 2.52 bits per heavy atom. The SMILES string of the molecule is Cc1cc(C(=O)NCc2ccc(F)cc2)nc(Nc2ccc(F)c(Cl)c2)n1. The van der Waals surface area contributed by atoms with Gasteiger partial charge in [-0.15, -0.1) is 0 Å². The van der Waals surface area contributed by atoms with E-state index in [2.05, 4.69) is 20.6 Å². The van der Waals surface area contributed by atoms with Crippen molar-refractivity contribution in [2.24, 2.45) is 0 Å². The molecule has 0 radical (unpaired) electrons. The molecule has 138 valence electrons. The van der Waals surface area contributed by atoms with E-state index in [-0.39, 0.29) is 29.0 Å². The van der Waals surface area contributed by atoms with Crippen LogP contribution in [0, 0.1) is 18.6 Å². The molecule has 0 bridgehead atoms. The maximum atomic E-state index is 13.3. The minimum Gasteiger partial charge on any atom is -0.347 e. The van der Waals surface area contributed by atoms with Crippen LogP contribution < -0.4 is 10.6 Å². The molecular formula is C19H15ClF2N4O. The van der Waals surface area contributed by atoms with Crippen molar-refractivity contribution in [2.45, 2.75) is 13.5 Å². The fourth-order valence-electron chi connectivity index (χ4n) is 2.32. The van der Waals surface area contributed by atoms with Crippen LogP contribution in [0.1, 0.15) is 21.7 Å². The van der Waals surface area contributed by atoms with E-state index in [9.17, 15) is 13.6 Å². The van der Waals surface area contributed by atoms with Crippen molar-refractivity contribution in [1.29, 1.82) is 0 Å². The van der Waals surface area contributed by atoms with Crippen LogP contribution in [0.15, 0.2) is 48.5 Å². The van der Waals surface area contributed by atoms with Gasteiger partial charge >= 0.3 is 0 Å². The summed E-state index contributed by atoms with van der Waals surface area (Å²) in [7, 11) is 0. The van der Waals surface area contributed by atoms with E-state index >= 15 is 0 Å². The van der Waals surface area contributed by atoms with Gasteiger partial charge in [-0.05, 0) is 48.9 Å². The van der Waals surface area contributed by atoms with E-state index in [4.69, 9.17) is 11.6 Å². The van der Waals surface area contributed by atoms with Gasteiger partial charge < -0.3 is 10.6 Å². The van der Waals surface area contributed by atoms with Gasteiger partial charge in [0, 0.05) is 17.9 Å². The quantitative estimate of drug-likeness (QED) is 0.680. The molecule has 0 aliphatic rings. The number of halogens is 3. The lowest BCUT2D eigenvalue weighted by Gasteiger charge is -2.09. The van der Waals surface area contributed by atoms with Crippen molar-refractivity contribution in [2.75, 3.05) is 5.32 Å². The highest BCUT2D eigenvalue weighted by molar-refractivity contribution is 6.31. The Hall–Kier alpha value is -3.06. The average Bonchev–Trinajstić information content (AvgIpc) is 2.63. The van der Waals surface area contributed by atoms with Crippen LogP contribution >= 0.6 is 11.6 Å². The molecule has 0 aliphatic heterocycles. The van der Waals surface area contributed by atoms with E-state index < -0.39 is 11.7 Å². The maximum absolute atomic E-state index is 13.3. The number of hydrogen-bond donors (Lipinski definition) is 2. The van der Waals surface area contributed by atoms with Gasteiger partial charge in [-0.2, -0.15) is 0 Å². The lowest BCUT2D eigenvalue weighted by molar-refractivity contribution is 0.0945. The van der Waals surface area contributed by atoms with E-state index in [1.165, 1.54) is 30.3 Å². The molecule has 0 fully saturated rings. The molecule has 2 aromatic carbocycles. The van der Waals surface area contributed by atoms with Gasteiger partial charge in [0.2, 0.25) is 5.95 Å². The number of anilines is 2. The fourth-order valence-corrected chi connectivity index (χ4v) is 2.50. The Balaban J connectivity index is 1.72. The molecule has 27 heavy (non-hydrogen) atoms. The first-order chi connectivity index (χ1) is 12.9. The second-order valence-electron chi connectivity index (χ2n) is 5.78. The molecule has 0 saturated heterocycles. The number of amides is 1. The summed E-state index contributed by atoms with van der Waals surface area (Å²) in [5.74, 6) is -1.09. The lowest BCUT2D eigenvalue weighted by Crippen LogP contribution is -2.24. The van der Waals surface area contributed by atoms with Crippen molar-refractivity contribution < 1.29 is 13.6 Å². The third-order valence-corrected chi connectivity index (χ3v) is 3.92. The van der Waals surface area contributed by atoms with Crippen molar-refractivity contribution in [3.05, 3.63) is 82.1 Å². The molecule has 0 aliphatic carbocycles. The average molecular weight is 389 g/mol. The molecular weight excluding hydrogens is 374 g/mol. The highest BCUT2D eigenvalue weighted by Crippen LogP contribution is 2.21. The summed E-state index contributed by atoms with van der Waals surface area (Å²) in [6.45, 7) is 1.96. The minimum atomic E-state index is -0.534. The van der Waals surface area contributed by atoms with E-state index in [1.807, 2.05) is 0 Å². The van der Waals surface area contributed by atoms with E-state index in [0.29, 0.717) is 11.4 Å². The van der Waals surface area contributed by atoms with Gasteiger partial charge in [0.15, 0.2) is 0 Å². The summed E-state index contributed by atoms with van der Waals surface area (Å²) >= 11 is 5.76. The smallest absolute Gasteiger partial charge is 0.270 e. The van der Waals surface area contributed by atoms with Gasteiger partial charge in [0.1, 0.15) is 17.3 Å². The minimum absolute atomic E-state index is 0.0371.